The molecule has 0 saturated carbocycles. The maximum atomic E-state index is 12.9. The number of morpholine rings is 1. The van der Waals surface area contributed by atoms with Crippen LogP contribution in [-0.4, -0.2) is 50.3 Å². The Labute approximate surface area is 139 Å². The van der Waals surface area contributed by atoms with Crippen molar-refractivity contribution >= 4 is 17.5 Å². The lowest BCUT2D eigenvalue weighted by Crippen LogP contribution is -2.44. The number of halogens is 1. The summed E-state index contributed by atoms with van der Waals surface area (Å²) in [6.45, 7) is 6.10. The van der Waals surface area contributed by atoms with E-state index in [2.05, 4.69) is 15.1 Å². The molecule has 3 heterocycles. The summed E-state index contributed by atoms with van der Waals surface area (Å²) in [6, 6.07) is -0.252. The zero-order chi connectivity index (χ0) is 16.4. The zero-order valence-corrected chi connectivity index (χ0v) is 14.0. The Morgan fingerprint density at radius 3 is 3.09 bits per heavy atom. The summed E-state index contributed by atoms with van der Waals surface area (Å²) in [5.74, 6) is 0.534. The lowest BCUT2D eigenvalue weighted by atomic mass is 10.2. The van der Waals surface area contributed by atoms with E-state index in [1.807, 2.05) is 13.8 Å². The Hall–Kier alpha value is -1.86. The average Bonchev–Trinajstić information content (AvgIpc) is 3.13. The average molecular weight is 338 g/mol. The third-order valence-corrected chi connectivity index (χ3v) is 4.08. The van der Waals surface area contributed by atoms with Gasteiger partial charge < -0.3 is 14.6 Å². The second kappa shape index (κ2) is 6.72. The van der Waals surface area contributed by atoms with E-state index in [9.17, 15) is 4.79 Å². The molecule has 1 aliphatic heterocycles. The zero-order valence-electron chi connectivity index (χ0n) is 13.3. The number of hydrogen-bond donors (Lipinski definition) is 1. The first-order valence-electron chi connectivity index (χ1n) is 7.73. The van der Waals surface area contributed by atoms with Crippen LogP contribution < -0.4 is 0 Å². The lowest BCUT2D eigenvalue weighted by molar-refractivity contribution is -0.00535. The molecule has 0 bridgehead atoms. The van der Waals surface area contributed by atoms with Gasteiger partial charge in [0.15, 0.2) is 5.69 Å². The van der Waals surface area contributed by atoms with Gasteiger partial charge in [-0.15, -0.1) is 0 Å². The molecule has 1 amide bonds. The fourth-order valence-corrected chi connectivity index (χ4v) is 2.93. The van der Waals surface area contributed by atoms with Gasteiger partial charge in [-0.2, -0.15) is 5.10 Å². The van der Waals surface area contributed by atoms with Crippen LogP contribution >= 0.6 is 11.6 Å². The van der Waals surface area contributed by atoms with Crippen molar-refractivity contribution in [2.24, 2.45) is 0 Å². The van der Waals surface area contributed by atoms with E-state index in [1.54, 1.807) is 22.0 Å². The number of H-pyrrole nitrogens is 1. The largest absolute Gasteiger partial charge is 0.377 e. The van der Waals surface area contributed by atoms with Gasteiger partial charge in [0.05, 0.1) is 18.2 Å². The number of rotatable bonds is 4. The smallest absolute Gasteiger partial charge is 0.276 e. The Morgan fingerprint density at radius 1 is 1.57 bits per heavy atom. The van der Waals surface area contributed by atoms with Crippen LogP contribution in [0.5, 0.6) is 0 Å². The van der Waals surface area contributed by atoms with Gasteiger partial charge in [-0.25, -0.2) is 4.98 Å². The van der Waals surface area contributed by atoms with Crippen molar-refractivity contribution in [1.29, 1.82) is 0 Å². The first-order chi connectivity index (χ1) is 11.1. The van der Waals surface area contributed by atoms with Crippen molar-refractivity contribution < 1.29 is 9.53 Å². The number of carbonyl (C=O) groups is 1. The van der Waals surface area contributed by atoms with E-state index in [4.69, 9.17) is 16.3 Å². The summed E-state index contributed by atoms with van der Waals surface area (Å²) in [5, 5.41) is 4.71. The number of nitrogens with one attached hydrogen (secondary N) is 1. The van der Waals surface area contributed by atoms with Gasteiger partial charge in [-0.05, 0) is 13.3 Å². The summed E-state index contributed by atoms with van der Waals surface area (Å²) in [7, 11) is 0. The number of aromatic nitrogens is 4. The molecule has 2 aromatic rings. The highest BCUT2D eigenvalue weighted by Gasteiger charge is 2.33. The minimum absolute atomic E-state index is 0.188. The number of ether oxygens (including phenoxy) is 1. The van der Waals surface area contributed by atoms with Crippen LogP contribution in [0.25, 0.3) is 0 Å². The first kappa shape index (κ1) is 16.0. The highest BCUT2D eigenvalue weighted by atomic mass is 35.5. The van der Waals surface area contributed by atoms with Crippen LogP contribution in [0.15, 0.2) is 12.4 Å². The maximum Gasteiger partial charge on any atom is 0.276 e. The number of imidazole rings is 1. The summed E-state index contributed by atoms with van der Waals surface area (Å²) < 4.78 is 7.23. The molecule has 23 heavy (non-hydrogen) atoms. The van der Waals surface area contributed by atoms with Crippen molar-refractivity contribution in [1.82, 2.24) is 24.6 Å². The number of amides is 1. The predicted molar refractivity (Wildman–Crippen MR) is 85.4 cm³/mol. The standard InChI is InChI=1S/C15H20ClN5O2/c1-3-4-20-8-11(16)13(19-20)15(22)21-5-6-23-9-12(21)14-17-7-10(2)18-14/h7-8,12H,3-6,9H2,1-2H3,(H,17,18)/t12-/m1/s1. The molecule has 124 valence electrons. The molecule has 0 aliphatic carbocycles. The second-order valence-electron chi connectivity index (χ2n) is 5.63. The molecule has 0 spiro atoms. The molecule has 0 radical (unpaired) electrons. The number of carbonyl (C=O) groups excluding carboxylic acids is 1. The van der Waals surface area contributed by atoms with E-state index < -0.39 is 0 Å². The van der Waals surface area contributed by atoms with Crippen LogP contribution in [0.4, 0.5) is 0 Å². The fourth-order valence-electron chi connectivity index (χ4n) is 2.70. The quantitative estimate of drug-likeness (QED) is 0.927. The van der Waals surface area contributed by atoms with Crippen molar-refractivity contribution in [3.05, 3.63) is 34.6 Å². The van der Waals surface area contributed by atoms with E-state index in [0.717, 1.165) is 24.5 Å². The third kappa shape index (κ3) is 3.25. The number of aryl methyl sites for hydroxylation is 2. The van der Waals surface area contributed by atoms with Crippen LogP contribution in [0, 0.1) is 6.92 Å². The molecule has 1 atom stereocenters. The van der Waals surface area contributed by atoms with Crippen LogP contribution in [0.3, 0.4) is 0 Å². The molecule has 3 rings (SSSR count). The molecule has 8 heteroatoms. The second-order valence-corrected chi connectivity index (χ2v) is 6.04. The van der Waals surface area contributed by atoms with Crippen molar-refractivity contribution in [2.45, 2.75) is 32.9 Å². The van der Waals surface area contributed by atoms with Crippen molar-refractivity contribution in [3.63, 3.8) is 0 Å². The van der Waals surface area contributed by atoms with E-state index in [-0.39, 0.29) is 17.6 Å². The molecule has 1 aliphatic rings. The molecule has 1 saturated heterocycles. The van der Waals surface area contributed by atoms with E-state index in [0.29, 0.717) is 24.8 Å². The summed E-state index contributed by atoms with van der Waals surface area (Å²) >= 11 is 6.21. The van der Waals surface area contributed by atoms with E-state index >= 15 is 0 Å². The maximum absolute atomic E-state index is 12.9. The van der Waals surface area contributed by atoms with Gasteiger partial charge in [-0.1, -0.05) is 18.5 Å². The van der Waals surface area contributed by atoms with Gasteiger partial charge in [-0.3, -0.25) is 9.48 Å². The minimum atomic E-state index is -0.252. The Morgan fingerprint density at radius 2 is 2.39 bits per heavy atom. The monoisotopic (exact) mass is 337 g/mol. The van der Waals surface area contributed by atoms with Gasteiger partial charge in [0.1, 0.15) is 11.9 Å². The molecule has 0 aromatic carbocycles. The topological polar surface area (TPSA) is 76.0 Å². The van der Waals surface area contributed by atoms with Crippen LogP contribution in [0.2, 0.25) is 5.02 Å². The van der Waals surface area contributed by atoms with Crippen LogP contribution in [-0.2, 0) is 11.3 Å². The van der Waals surface area contributed by atoms with Crippen molar-refractivity contribution in [2.75, 3.05) is 19.8 Å². The first-order valence-corrected chi connectivity index (χ1v) is 8.11. The Bertz CT molecular complexity index is 696. The summed E-state index contributed by atoms with van der Waals surface area (Å²) in [4.78, 5) is 22.1. The summed E-state index contributed by atoms with van der Waals surface area (Å²) in [6.07, 6.45) is 4.37. The molecule has 1 fully saturated rings. The minimum Gasteiger partial charge on any atom is -0.377 e. The van der Waals surface area contributed by atoms with Gasteiger partial charge in [0.25, 0.3) is 5.91 Å². The third-order valence-electron chi connectivity index (χ3n) is 3.80. The summed E-state index contributed by atoms with van der Waals surface area (Å²) in [5.41, 5.74) is 1.23. The molecular formula is C15H20ClN5O2. The Kier molecular flexibility index (Phi) is 4.68. The number of aromatic amines is 1. The normalized spacial score (nSPS) is 18.4. The lowest BCUT2D eigenvalue weighted by Gasteiger charge is -2.34. The van der Waals surface area contributed by atoms with Gasteiger partial charge in [0.2, 0.25) is 0 Å². The molecule has 7 nitrogen and oxygen atoms in total. The highest BCUT2D eigenvalue weighted by molar-refractivity contribution is 6.33. The predicted octanol–water partition coefficient (Wildman–Crippen LogP) is 2.19. The SMILES string of the molecule is CCCn1cc(Cl)c(C(=O)N2CCOC[C@@H]2c2ncc(C)[nH]2)n1. The Balaban J connectivity index is 1.86. The van der Waals surface area contributed by atoms with E-state index in [1.165, 1.54) is 0 Å². The van der Waals surface area contributed by atoms with Crippen molar-refractivity contribution in [3.8, 4) is 0 Å². The molecular weight excluding hydrogens is 318 g/mol. The molecule has 0 unspecified atom stereocenters. The molecule has 1 N–H and O–H groups in total. The van der Waals surface area contributed by atoms with Crippen LogP contribution in [0.1, 0.15) is 41.4 Å². The van der Waals surface area contributed by atoms with Gasteiger partial charge in [0, 0.05) is 31.2 Å². The highest BCUT2D eigenvalue weighted by Crippen LogP contribution is 2.26. The number of hydrogen-bond acceptors (Lipinski definition) is 4. The van der Waals surface area contributed by atoms with Gasteiger partial charge >= 0.3 is 0 Å². The number of nitrogens with zero attached hydrogens (tertiary/aromatic N) is 4. The fraction of sp³-hybridized carbons (Fsp3) is 0.533. The molecule has 2 aromatic heterocycles.